The van der Waals surface area contributed by atoms with Crippen molar-refractivity contribution >= 4 is 21.6 Å². The Kier molecular flexibility index (Phi) is 1.94. The van der Waals surface area contributed by atoms with Gasteiger partial charge in [-0.15, -0.1) is 11.3 Å². The van der Waals surface area contributed by atoms with E-state index in [1.807, 2.05) is 24.4 Å². The third-order valence-electron chi connectivity index (χ3n) is 2.29. The van der Waals surface area contributed by atoms with Crippen molar-refractivity contribution in [1.29, 1.82) is 0 Å². The topological polar surface area (TPSA) is 58.9 Å². The van der Waals surface area contributed by atoms with E-state index in [4.69, 9.17) is 4.42 Å². The summed E-state index contributed by atoms with van der Waals surface area (Å²) in [5.74, 6) is 1.86. The van der Waals surface area contributed by atoms with Gasteiger partial charge in [-0.05, 0) is 30.5 Å². The van der Waals surface area contributed by atoms with Gasteiger partial charge in [0.1, 0.15) is 10.5 Å². The van der Waals surface area contributed by atoms with Crippen LogP contribution in [0.2, 0.25) is 0 Å². The van der Waals surface area contributed by atoms with E-state index < -0.39 is 0 Å². The van der Waals surface area contributed by atoms with Crippen LogP contribution in [0.4, 0.5) is 0 Å². The SMILES string of the molecule is Cc1ccc(-c2nc3ccsc3c(=O)[nH]2)o1. The predicted molar refractivity (Wildman–Crippen MR) is 62.7 cm³/mol. The molecular weight excluding hydrogens is 224 g/mol. The summed E-state index contributed by atoms with van der Waals surface area (Å²) < 4.78 is 6.07. The minimum atomic E-state index is -0.121. The van der Waals surface area contributed by atoms with Gasteiger partial charge in [0, 0.05) is 0 Å². The van der Waals surface area contributed by atoms with Gasteiger partial charge in [-0.25, -0.2) is 4.98 Å². The van der Waals surface area contributed by atoms with Crippen molar-refractivity contribution in [2.75, 3.05) is 0 Å². The summed E-state index contributed by atoms with van der Waals surface area (Å²) in [6.07, 6.45) is 0. The number of nitrogens with one attached hydrogen (secondary N) is 1. The molecule has 3 aromatic rings. The third-order valence-corrected chi connectivity index (χ3v) is 3.19. The van der Waals surface area contributed by atoms with Crippen LogP contribution < -0.4 is 5.56 Å². The first-order valence-electron chi connectivity index (χ1n) is 4.78. The molecule has 0 atom stereocenters. The van der Waals surface area contributed by atoms with Crippen molar-refractivity contribution < 1.29 is 4.42 Å². The smallest absolute Gasteiger partial charge is 0.269 e. The maximum atomic E-state index is 11.7. The first kappa shape index (κ1) is 9.35. The van der Waals surface area contributed by atoms with Crippen LogP contribution in [-0.2, 0) is 0 Å². The Morgan fingerprint density at radius 2 is 2.25 bits per heavy atom. The Labute approximate surface area is 94.6 Å². The second-order valence-electron chi connectivity index (χ2n) is 3.46. The number of hydrogen-bond donors (Lipinski definition) is 1. The quantitative estimate of drug-likeness (QED) is 0.701. The van der Waals surface area contributed by atoms with E-state index in [1.165, 1.54) is 11.3 Å². The number of fused-ring (bicyclic) bond motifs is 1. The van der Waals surface area contributed by atoms with Crippen LogP contribution in [0.25, 0.3) is 21.8 Å². The van der Waals surface area contributed by atoms with Crippen molar-refractivity contribution in [3.05, 3.63) is 39.7 Å². The summed E-state index contributed by atoms with van der Waals surface area (Å²) in [6, 6.07) is 5.47. The third kappa shape index (κ3) is 1.37. The minimum absolute atomic E-state index is 0.121. The molecule has 0 fully saturated rings. The predicted octanol–water partition coefficient (Wildman–Crippen LogP) is 2.55. The van der Waals surface area contributed by atoms with Gasteiger partial charge in [-0.3, -0.25) is 4.79 Å². The summed E-state index contributed by atoms with van der Waals surface area (Å²) in [6.45, 7) is 1.85. The molecule has 5 heteroatoms. The zero-order valence-electron chi connectivity index (χ0n) is 8.48. The molecule has 0 bridgehead atoms. The van der Waals surface area contributed by atoms with Gasteiger partial charge in [0.15, 0.2) is 11.6 Å². The molecule has 0 saturated heterocycles. The molecule has 0 aliphatic heterocycles. The Bertz CT molecular complexity index is 708. The van der Waals surface area contributed by atoms with Crippen molar-refractivity contribution in [2.45, 2.75) is 6.92 Å². The Hall–Kier alpha value is -1.88. The summed E-state index contributed by atoms with van der Waals surface area (Å²) in [4.78, 5) is 18.8. The summed E-state index contributed by atoms with van der Waals surface area (Å²) in [7, 11) is 0. The Morgan fingerprint density at radius 3 is 3.00 bits per heavy atom. The average molecular weight is 232 g/mol. The highest BCUT2D eigenvalue weighted by Crippen LogP contribution is 2.20. The van der Waals surface area contributed by atoms with Crippen LogP contribution in [0.15, 0.2) is 32.8 Å². The second-order valence-corrected chi connectivity index (χ2v) is 4.38. The lowest BCUT2D eigenvalue weighted by atomic mass is 10.4. The van der Waals surface area contributed by atoms with E-state index in [0.29, 0.717) is 21.8 Å². The summed E-state index contributed by atoms with van der Waals surface area (Å²) >= 11 is 1.39. The molecule has 1 N–H and O–H groups in total. The standard InChI is InChI=1S/C11H8N2O2S/c1-6-2-3-8(15-6)10-12-7-4-5-16-9(7)11(14)13-10/h2-5H,1H3,(H,12,13,14). The van der Waals surface area contributed by atoms with Crippen LogP contribution in [0.3, 0.4) is 0 Å². The number of aryl methyl sites for hydroxylation is 1. The van der Waals surface area contributed by atoms with Crippen molar-refractivity contribution in [1.82, 2.24) is 9.97 Å². The first-order chi connectivity index (χ1) is 7.74. The van der Waals surface area contributed by atoms with E-state index in [-0.39, 0.29) is 5.56 Å². The summed E-state index contributed by atoms with van der Waals surface area (Å²) in [5, 5.41) is 1.85. The molecule has 0 aliphatic rings. The molecule has 0 radical (unpaired) electrons. The molecule has 0 aromatic carbocycles. The van der Waals surface area contributed by atoms with Crippen molar-refractivity contribution in [2.24, 2.45) is 0 Å². The number of nitrogens with zero attached hydrogens (tertiary/aromatic N) is 1. The van der Waals surface area contributed by atoms with Gasteiger partial charge in [0.05, 0.1) is 5.52 Å². The number of aromatic amines is 1. The number of furan rings is 1. The maximum absolute atomic E-state index is 11.7. The molecule has 3 rings (SSSR count). The number of rotatable bonds is 1. The molecule has 3 aromatic heterocycles. The molecule has 0 amide bonds. The maximum Gasteiger partial charge on any atom is 0.269 e. The normalized spacial score (nSPS) is 11.1. The lowest BCUT2D eigenvalue weighted by Gasteiger charge is -1.96. The van der Waals surface area contributed by atoms with E-state index in [0.717, 1.165) is 5.76 Å². The number of hydrogen-bond acceptors (Lipinski definition) is 4. The molecule has 3 heterocycles. The van der Waals surface area contributed by atoms with Gasteiger partial charge in [0.25, 0.3) is 5.56 Å². The molecule has 4 nitrogen and oxygen atoms in total. The van der Waals surface area contributed by atoms with Gasteiger partial charge in [0.2, 0.25) is 0 Å². The number of aromatic nitrogens is 2. The van der Waals surface area contributed by atoms with E-state index >= 15 is 0 Å². The fourth-order valence-corrected chi connectivity index (χ4v) is 2.28. The monoisotopic (exact) mass is 232 g/mol. The van der Waals surface area contributed by atoms with E-state index in [2.05, 4.69) is 9.97 Å². The molecular formula is C11H8N2O2S. The first-order valence-corrected chi connectivity index (χ1v) is 5.66. The lowest BCUT2D eigenvalue weighted by molar-refractivity contribution is 0.544. The highest BCUT2D eigenvalue weighted by Gasteiger charge is 2.09. The summed E-state index contributed by atoms with van der Waals surface area (Å²) in [5.41, 5.74) is 0.585. The Morgan fingerprint density at radius 1 is 1.38 bits per heavy atom. The van der Waals surface area contributed by atoms with Gasteiger partial charge < -0.3 is 9.40 Å². The number of H-pyrrole nitrogens is 1. The van der Waals surface area contributed by atoms with Crippen LogP contribution in [-0.4, -0.2) is 9.97 Å². The van der Waals surface area contributed by atoms with E-state index in [1.54, 1.807) is 6.07 Å². The van der Waals surface area contributed by atoms with Gasteiger partial charge >= 0.3 is 0 Å². The van der Waals surface area contributed by atoms with Crippen molar-refractivity contribution in [3.63, 3.8) is 0 Å². The van der Waals surface area contributed by atoms with Crippen LogP contribution >= 0.6 is 11.3 Å². The largest absolute Gasteiger partial charge is 0.458 e. The zero-order chi connectivity index (χ0) is 11.1. The zero-order valence-corrected chi connectivity index (χ0v) is 9.30. The van der Waals surface area contributed by atoms with Crippen LogP contribution in [0, 0.1) is 6.92 Å². The molecule has 0 aliphatic carbocycles. The minimum Gasteiger partial charge on any atom is -0.458 e. The molecule has 0 spiro atoms. The molecule has 80 valence electrons. The fraction of sp³-hybridized carbons (Fsp3) is 0.0909. The van der Waals surface area contributed by atoms with E-state index in [9.17, 15) is 4.79 Å². The average Bonchev–Trinajstić information content (AvgIpc) is 2.85. The Balaban J connectivity index is 2.28. The number of thiophene rings is 1. The second kappa shape index (κ2) is 3.31. The van der Waals surface area contributed by atoms with Gasteiger partial charge in [-0.1, -0.05) is 0 Å². The molecule has 16 heavy (non-hydrogen) atoms. The molecule has 0 saturated carbocycles. The van der Waals surface area contributed by atoms with Gasteiger partial charge in [-0.2, -0.15) is 0 Å². The van der Waals surface area contributed by atoms with Crippen molar-refractivity contribution in [3.8, 4) is 11.6 Å². The highest BCUT2D eigenvalue weighted by atomic mass is 32.1. The highest BCUT2D eigenvalue weighted by molar-refractivity contribution is 7.17. The molecule has 0 unspecified atom stereocenters. The lowest BCUT2D eigenvalue weighted by Crippen LogP contribution is -2.07. The van der Waals surface area contributed by atoms with Crippen LogP contribution in [0.1, 0.15) is 5.76 Å². The van der Waals surface area contributed by atoms with Crippen LogP contribution in [0.5, 0.6) is 0 Å². The fourth-order valence-electron chi connectivity index (χ4n) is 1.55.